The van der Waals surface area contributed by atoms with Crippen LogP contribution in [0.5, 0.6) is 0 Å². The van der Waals surface area contributed by atoms with E-state index in [1.54, 1.807) is 0 Å². The molecule has 1 saturated carbocycles. The smallest absolute Gasteiger partial charge is 0.407 e. The Morgan fingerprint density at radius 3 is 2.20 bits per heavy atom. The quantitative estimate of drug-likeness (QED) is 0.429. The zero-order chi connectivity index (χ0) is 24.8. The van der Waals surface area contributed by atoms with E-state index in [0.29, 0.717) is 32.2 Å². The minimum absolute atomic E-state index is 0.0193. The molecule has 2 aromatic carbocycles. The summed E-state index contributed by atoms with van der Waals surface area (Å²) in [5.41, 5.74) is 3.89. The van der Waals surface area contributed by atoms with Crippen molar-refractivity contribution in [3.63, 3.8) is 0 Å². The van der Waals surface area contributed by atoms with Crippen LogP contribution in [0.4, 0.5) is 4.79 Å². The van der Waals surface area contributed by atoms with E-state index in [2.05, 4.69) is 34.9 Å². The van der Waals surface area contributed by atoms with Crippen molar-refractivity contribution in [3.05, 3.63) is 59.7 Å². The van der Waals surface area contributed by atoms with Crippen LogP contribution in [0.2, 0.25) is 0 Å². The average Bonchev–Trinajstić information content (AvgIpc) is 3.48. The summed E-state index contributed by atoms with van der Waals surface area (Å²) < 4.78 is 5.54. The predicted octanol–water partition coefficient (Wildman–Crippen LogP) is 4.70. The van der Waals surface area contributed by atoms with E-state index in [0.717, 1.165) is 12.8 Å². The number of carbonyl (C=O) groups is 3. The van der Waals surface area contributed by atoms with Gasteiger partial charge in [0.15, 0.2) is 0 Å². The first-order chi connectivity index (χ1) is 16.9. The highest BCUT2D eigenvalue weighted by atomic mass is 16.5. The Morgan fingerprint density at radius 1 is 1.00 bits per heavy atom. The molecule has 0 aromatic heterocycles. The molecule has 2 aliphatic rings. The predicted molar refractivity (Wildman–Crippen MR) is 133 cm³/mol. The van der Waals surface area contributed by atoms with Gasteiger partial charge in [0, 0.05) is 24.9 Å². The number of aliphatic carboxylic acids is 1. The van der Waals surface area contributed by atoms with Crippen molar-refractivity contribution in [3.8, 4) is 11.1 Å². The lowest BCUT2D eigenvalue weighted by Crippen LogP contribution is -2.43. The lowest BCUT2D eigenvalue weighted by atomic mass is 9.86. The standard InChI is InChI=1S/C28H34N2O5/c1-19(25(31)30-18-28(26(32)33)14-6-7-15-28)9-8-16-29-27(34)35-17-24-22-12-4-2-10-20(22)21-11-3-5-13-23(21)24/h2-5,10-13,19,24H,6-9,14-18H2,1H3,(H,29,34)(H,30,31)(H,32,33). The minimum Gasteiger partial charge on any atom is -0.481 e. The molecule has 0 spiro atoms. The van der Waals surface area contributed by atoms with Gasteiger partial charge in [0.25, 0.3) is 0 Å². The van der Waals surface area contributed by atoms with Crippen LogP contribution >= 0.6 is 0 Å². The molecule has 2 amide bonds. The van der Waals surface area contributed by atoms with E-state index in [-0.39, 0.29) is 30.9 Å². The lowest BCUT2D eigenvalue weighted by Gasteiger charge is -2.25. The number of carboxylic acids is 1. The van der Waals surface area contributed by atoms with Crippen molar-refractivity contribution in [2.75, 3.05) is 19.7 Å². The van der Waals surface area contributed by atoms with Gasteiger partial charge in [0.05, 0.1) is 5.41 Å². The Bertz CT molecular complexity index is 1030. The lowest BCUT2D eigenvalue weighted by molar-refractivity contribution is -0.148. The number of fused-ring (bicyclic) bond motifs is 3. The van der Waals surface area contributed by atoms with Crippen molar-refractivity contribution < 1.29 is 24.2 Å². The van der Waals surface area contributed by atoms with E-state index in [4.69, 9.17) is 4.74 Å². The Labute approximate surface area is 206 Å². The summed E-state index contributed by atoms with van der Waals surface area (Å²) in [6, 6.07) is 16.4. The zero-order valence-corrected chi connectivity index (χ0v) is 20.2. The molecule has 1 atom stereocenters. The first-order valence-electron chi connectivity index (χ1n) is 12.5. The number of ether oxygens (including phenoxy) is 1. The largest absolute Gasteiger partial charge is 0.481 e. The van der Waals surface area contributed by atoms with Gasteiger partial charge in [-0.15, -0.1) is 0 Å². The summed E-state index contributed by atoms with van der Waals surface area (Å²) in [6.45, 7) is 2.69. The fourth-order valence-corrected chi connectivity index (χ4v) is 5.33. The number of alkyl carbamates (subject to hydrolysis) is 1. The van der Waals surface area contributed by atoms with Gasteiger partial charge in [-0.25, -0.2) is 4.79 Å². The second kappa shape index (κ2) is 10.9. The van der Waals surface area contributed by atoms with Gasteiger partial charge in [-0.3, -0.25) is 9.59 Å². The second-order valence-electron chi connectivity index (χ2n) is 9.81. The number of carboxylic acid groups (broad SMARTS) is 1. The first kappa shape index (κ1) is 24.8. The molecule has 0 bridgehead atoms. The molecular formula is C28H34N2O5. The van der Waals surface area contributed by atoms with Crippen molar-refractivity contribution in [1.29, 1.82) is 0 Å². The van der Waals surface area contributed by atoms with E-state index in [1.807, 2.05) is 31.2 Å². The topological polar surface area (TPSA) is 105 Å². The molecule has 3 N–H and O–H groups in total. The van der Waals surface area contributed by atoms with Crippen molar-refractivity contribution in [2.24, 2.45) is 11.3 Å². The molecule has 186 valence electrons. The van der Waals surface area contributed by atoms with Crippen molar-refractivity contribution in [2.45, 2.75) is 51.4 Å². The SMILES string of the molecule is CC(CCCNC(=O)OCC1c2ccccc2-c2ccccc21)C(=O)NCC1(C(=O)O)CCCC1. The molecule has 4 rings (SSSR count). The van der Waals surface area contributed by atoms with Gasteiger partial charge in [0.1, 0.15) is 6.61 Å². The van der Waals surface area contributed by atoms with Crippen LogP contribution in [-0.2, 0) is 14.3 Å². The maximum atomic E-state index is 12.4. The Balaban J connectivity index is 1.17. The highest BCUT2D eigenvalue weighted by Gasteiger charge is 2.41. The van der Waals surface area contributed by atoms with E-state index < -0.39 is 17.5 Å². The maximum Gasteiger partial charge on any atom is 0.407 e. The van der Waals surface area contributed by atoms with Gasteiger partial charge >= 0.3 is 12.1 Å². The molecule has 7 heteroatoms. The summed E-state index contributed by atoms with van der Waals surface area (Å²) in [6.07, 6.45) is 3.76. The molecule has 35 heavy (non-hydrogen) atoms. The maximum absolute atomic E-state index is 12.4. The molecule has 1 unspecified atom stereocenters. The van der Waals surface area contributed by atoms with Gasteiger partial charge in [-0.05, 0) is 47.9 Å². The second-order valence-corrected chi connectivity index (χ2v) is 9.81. The number of benzene rings is 2. The van der Waals surface area contributed by atoms with Crippen LogP contribution in [-0.4, -0.2) is 42.8 Å². The normalized spacial score (nSPS) is 16.7. The monoisotopic (exact) mass is 478 g/mol. The van der Waals surface area contributed by atoms with Gasteiger partial charge in [-0.2, -0.15) is 0 Å². The van der Waals surface area contributed by atoms with Gasteiger partial charge < -0.3 is 20.5 Å². The molecular weight excluding hydrogens is 444 g/mol. The number of rotatable bonds is 10. The van der Waals surface area contributed by atoms with Crippen LogP contribution in [0.1, 0.15) is 62.5 Å². The number of hydrogen-bond acceptors (Lipinski definition) is 4. The summed E-state index contributed by atoms with van der Waals surface area (Å²) in [5.74, 6) is -1.20. The Hall–Kier alpha value is -3.35. The minimum atomic E-state index is -0.824. The molecule has 1 fully saturated rings. The third-order valence-corrected chi connectivity index (χ3v) is 7.49. The van der Waals surface area contributed by atoms with Crippen molar-refractivity contribution >= 4 is 18.0 Å². The highest BCUT2D eigenvalue weighted by Crippen LogP contribution is 2.44. The average molecular weight is 479 g/mol. The van der Waals surface area contributed by atoms with Crippen LogP contribution in [0.25, 0.3) is 11.1 Å². The third-order valence-electron chi connectivity index (χ3n) is 7.49. The Morgan fingerprint density at radius 2 is 1.60 bits per heavy atom. The van der Waals surface area contributed by atoms with E-state index >= 15 is 0 Å². The van der Waals surface area contributed by atoms with E-state index in [9.17, 15) is 19.5 Å². The van der Waals surface area contributed by atoms with E-state index in [1.165, 1.54) is 22.3 Å². The number of carbonyl (C=O) groups excluding carboxylic acids is 2. The van der Waals surface area contributed by atoms with Crippen molar-refractivity contribution in [1.82, 2.24) is 10.6 Å². The summed E-state index contributed by atoms with van der Waals surface area (Å²) in [4.78, 5) is 36.3. The number of nitrogens with one attached hydrogen (secondary N) is 2. The Kier molecular flexibility index (Phi) is 7.73. The molecule has 2 aliphatic carbocycles. The van der Waals surface area contributed by atoms with Crippen LogP contribution in [0.3, 0.4) is 0 Å². The highest BCUT2D eigenvalue weighted by molar-refractivity contribution is 5.81. The number of amides is 2. The molecule has 7 nitrogen and oxygen atoms in total. The van der Waals surface area contributed by atoms with Crippen LogP contribution in [0.15, 0.2) is 48.5 Å². The molecule has 0 heterocycles. The van der Waals surface area contributed by atoms with Crippen LogP contribution in [0, 0.1) is 11.3 Å². The zero-order valence-electron chi connectivity index (χ0n) is 20.2. The third kappa shape index (κ3) is 5.50. The molecule has 0 aliphatic heterocycles. The first-order valence-corrected chi connectivity index (χ1v) is 12.5. The molecule has 2 aromatic rings. The molecule has 0 saturated heterocycles. The summed E-state index contributed by atoms with van der Waals surface area (Å²) >= 11 is 0. The fraction of sp³-hybridized carbons (Fsp3) is 0.464. The van der Waals surface area contributed by atoms with Crippen LogP contribution < -0.4 is 10.6 Å². The van der Waals surface area contributed by atoms with Gasteiger partial charge in [0.2, 0.25) is 5.91 Å². The van der Waals surface area contributed by atoms with Gasteiger partial charge in [-0.1, -0.05) is 68.3 Å². The summed E-state index contributed by atoms with van der Waals surface area (Å²) in [7, 11) is 0. The fourth-order valence-electron chi connectivity index (χ4n) is 5.33. The summed E-state index contributed by atoms with van der Waals surface area (Å²) in [5, 5.41) is 15.2. The molecule has 0 radical (unpaired) electrons. The number of hydrogen-bond donors (Lipinski definition) is 3.